The van der Waals surface area contributed by atoms with Gasteiger partial charge in [0, 0.05) is 26.8 Å². The molecule has 1 aromatic carbocycles. The predicted molar refractivity (Wildman–Crippen MR) is 76.9 cm³/mol. The summed E-state index contributed by atoms with van der Waals surface area (Å²) >= 11 is 0. The number of likely N-dealkylation sites (N-methyl/N-ethyl adjacent to an activating group) is 1. The number of hydrogen-bond acceptors (Lipinski definition) is 4. The van der Waals surface area contributed by atoms with E-state index < -0.39 is 15.6 Å². The van der Waals surface area contributed by atoms with Crippen molar-refractivity contribution in [3.05, 3.63) is 24.3 Å². The van der Waals surface area contributed by atoms with Crippen LogP contribution in [0, 0.1) is 0 Å². The summed E-state index contributed by atoms with van der Waals surface area (Å²) in [5.74, 6) is 0. The van der Waals surface area contributed by atoms with Crippen molar-refractivity contribution in [3.8, 4) is 0 Å². The Morgan fingerprint density at radius 1 is 1.11 bits per heavy atom. The number of aliphatic hydroxyl groups is 1. The predicted octanol–water partition coefficient (Wildman–Crippen LogP) is 1.14. The Morgan fingerprint density at radius 3 is 1.95 bits per heavy atom. The summed E-state index contributed by atoms with van der Waals surface area (Å²) in [6, 6.07) is 6.64. The van der Waals surface area contributed by atoms with Crippen LogP contribution in [0.2, 0.25) is 0 Å². The zero-order valence-electron chi connectivity index (χ0n) is 12.1. The monoisotopic (exact) mass is 286 g/mol. The van der Waals surface area contributed by atoms with Gasteiger partial charge in [0.2, 0.25) is 10.0 Å². The van der Waals surface area contributed by atoms with Crippen molar-refractivity contribution in [3.63, 3.8) is 0 Å². The van der Waals surface area contributed by atoms with E-state index in [1.165, 1.54) is 18.4 Å². The number of rotatable bonds is 5. The third-order valence-electron chi connectivity index (χ3n) is 3.30. The van der Waals surface area contributed by atoms with E-state index in [-0.39, 0.29) is 11.5 Å². The quantitative estimate of drug-likeness (QED) is 0.882. The molecule has 108 valence electrons. The SMILES string of the molecule is CN(c1ccc(S(=O)(=O)N(C)C)cc1)C(C)(C)CO. The van der Waals surface area contributed by atoms with Crippen LogP contribution in [-0.2, 0) is 10.0 Å². The van der Waals surface area contributed by atoms with E-state index in [2.05, 4.69) is 0 Å². The van der Waals surface area contributed by atoms with Crippen molar-refractivity contribution in [2.24, 2.45) is 0 Å². The summed E-state index contributed by atoms with van der Waals surface area (Å²) < 4.78 is 25.1. The van der Waals surface area contributed by atoms with Crippen LogP contribution in [0.15, 0.2) is 29.2 Å². The fraction of sp³-hybridized carbons (Fsp3) is 0.538. The Hall–Kier alpha value is -1.11. The Labute approximate surface area is 115 Å². The molecule has 0 aliphatic rings. The second kappa shape index (κ2) is 5.48. The normalized spacial score (nSPS) is 12.8. The average molecular weight is 286 g/mol. The molecule has 0 atom stereocenters. The molecule has 0 amide bonds. The molecular weight excluding hydrogens is 264 g/mol. The lowest BCUT2D eigenvalue weighted by Gasteiger charge is -2.36. The molecule has 1 aromatic rings. The number of nitrogens with zero attached hydrogens (tertiary/aromatic N) is 2. The van der Waals surface area contributed by atoms with Crippen molar-refractivity contribution in [1.29, 1.82) is 0 Å². The van der Waals surface area contributed by atoms with Gasteiger partial charge in [-0.1, -0.05) is 0 Å². The first-order chi connectivity index (χ1) is 8.63. The topological polar surface area (TPSA) is 60.9 Å². The molecule has 1 rings (SSSR count). The number of aliphatic hydroxyl groups excluding tert-OH is 1. The standard InChI is InChI=1S/C13H22N2O3S/c1-13(2,10-16)15(5)11-6-8-12(9-7-11)19(17,18)14(3)4/h6-9,16H,10H2,1-5H3. The Balaban J connectivity index is 3.08. The maximum Gasteiger partial charge on any atom is 0.242 e. The van der Waals surface area contributed by atoms with Crippen LogP contribution in [0.3, 0.4) is 0 Å². The summed E-state index contributed by atoms with van der Waals surface area (Å²) in [4.78, 5) is 2.18. The molecule has 0 saturated heterocycles. The maximum absolute atomic E-state index is 11.9. The highest BCUT2D eigenvalue weighted by Gasteiger charge is 2.23. The Bertz CT molecular complexity index is 521. The fourth-order valence-corrected chi connectivity index (χ4v) is 2.41. The molecule has 1 N–H and O–H groups in total. The summed E-state index contributed by atoms with van der Waals surface area (Å²) in [5, 5.41) is 9.34. The van der Waals surface area contributed by atoms with Gasteiger partial charge in [-0.05, 0) is 38.1 Å². The summed E-state index contributed by atoms with van der Waals surface area (Å²) in [5.41, 5.74) is 0.457. The van der Waals surface area contributed by atoms with Crippen LogP contribution in [-0.4, -0.2) is 51.1 Å². The molecule has 0 saturated carbocycles. The van der Waals surface area contributed by atoms with Crippen molar-refractivity contribution >= 4 is 15.7 Å². The zero-order valence-corrected chi connectivity index (χ0v) is 12.9. The van der Waals surface area contributed by atoms with E-state index in [0.29, 0.717) is 0 Å². The van der Waals surface area contributed by atoms with E-state index >= 15 is 0 Å². The number of anilines is 1. The highest BCUT2D eigenvalue weighted by molar-refractivity contribution is 7.89. The van der Waals surface area contributed by atoms with Crippen LogP contribution in [0.1, 0.15) is 13.8 Å². The molecule has 5 nitrogen and oxygen atoms in total. The minimum atomic E-state index is -3.39. The van der Waals surface area contributed by atoms with Crippen LogP contribution >= 0.6 is 0 Å². The minimum Gasteiger partial charge on any atom is -0.394 e. The van der Waals surface area contributed by atoms with Crippen LogP contribution in [0.5, 0.6) is 0 Å². The van der Waals surface area contributed by atoms with Crippen molar-refractivity contribution in [2.75, 3.05) is 32.6 Å². The Morgan fingerprint density at radius 2 is 1.58 bits per heavy atom. The molecule has 6 heteroatoms. The molecule has 0 aromatic heterocycles. The highest BCUT2D eigenvalue weighted by atomic mass is 32.2. The maximum atomic E-state index is 11.9. The van der Waals surface area contributed by atoms with Crippen LogP contribution < -0.4 is 4.90 Å². The molecular formula is C13H22N2O3S. The van der Waals surface area contributed by atoms with E-state index in [9.17, 15) is 13.5 Å². The van der Waals surface area contributed by atoms with Crippen molar-refractivity contribution in [2.45, 2.75) is 24.3 Å². The number of benzene rings is 1. The first-order valence-corrected chi connectivity index (χ1v) is 7.44. The number of hydrogen-bond donors (Lipinski definition) is 1. The lowest BCUT2D eigenvalue weighted by Crippen LogP contribution is -2.44. The van der Waals surface area contributed by atoms with Gasteiger partial charge in [-0.25, -0.2) is 12.7 Å². The van der Waals surface area contributed by atoms with E-state index in [1.54, 1.807) is 24.3 Å². The summed E-state index contributed by atoms with van der Waals surface area (Å²) in [6.07, 6.45) is 0. The second-order valence-corrected chi connectivity index (χ2v) is 7.46. The van der Waals surface area contributed by atoms with E-state index in [1.807, 2.05) is 25.8 Å². The summed E-state index contributed by atoms with van der Waals surface area (Å²) in [6.45, 7) is 3.84. The largest absolute Gasteiger partial charge is 0.394 e. The molecule has 0 unspecified atom stereocenters. The van der Waals surface area contributed by atoms with Gasteiger partial charge in [-0.2, -0.15) is 0 Å². The van der Waals surface area contributed by atoms with Crippen LogP contribution in [0.25, 0.3) is 0 Å². The van der Waals surface area contributed by atoms with Gasteiger partial charge < -0.3 is 10.0 Å². The van der Waals surface area contributed by atoms with Crippen molar-refractivity contribution < 1.29 is 13.5 Å². The first-order valence-electron chi connectivity index (χ1n) is 6.00. The molecule has 0 fully saturated rings. The first kappa shape index (κ1) is 15.9. The highest BCUT2D eigenvalue weighted by Crippen LogP contribution is 2.24. The van der Waals surface area contributed by atoms with Gasteiger partial charge in [0.15, 0.2) is 0 Å². The van der Waals surface area contributed by atoms with Gasteiger partial charge in [-0.15, -0.1) is 0 Å². The molecule has 0 aliphatic heterocycles. The van der Waals surface area contributed by atoms with Gasteiger partial charge in [0.1, 0.15) is 0 Å². The van der Waals surface area contributed by atoms with Gasteiger partial charge in [0.25, 0.3) is 0 Å². The third-order valence-corrected chi connectivity index (χ3v) is 5.13. The van der Waals surface area contributed by atoms with E-state index in [4.69, 9.17) is 0 Å². The van der Waals surface area contributed by atoms with Gasteiger partial charge in [-0.3, -0.25) is 0 Å². The van der Waals surface area contributed by atoms with E-state index in [0.717, 1.165) is 5.69 Å². The van der Waals surface area contributed by atoms with Gasteiger partial charge >= 0.3 is 0 Å². The minimum absolute atomic E-state index is 0.0151. The molecule has 0 radical (unpaired) electrons. The zero-order chi connectivity index (χ0) is 14.8. The summed E-state index contributed by atoms with van der Waals surface area (Å²) in [7, 11) is 1.48. The molecule has 0 bridgehead atoms. The molecule has 0 spiro atoms. The molecule has 19 heavy (non-hydrogen) atoms. The van der Waals surface area contributed by atoms with Crippen molar-refractivity contribution in [1.82, 2.24) is 4.31 Å². The fourth-order valence-electron chi connectivity index (χ4n) is 1.51. The molecule has 0 aliphatic carbocycles. The average Bonchev–Trinajstić information content (AvgIpc) is 2.37. The number of sulfonamides is 1. The second-order valence-electron chi connectivity index (χ2n) is 5.31. The van der Waals surface area contributed by atoms with Crippen LogP contribution in [0.4, 0.5) is 5.69 Å². The lowest BCUT2D eigenvalue weighted by molar-refractivity contribution is 0.216. The smallest absolute Gasteiger partial charge is 0.242 e. The Kier molecular flexibility index (Phi) is 4.60. The molecule has 0 heterocycles. The third kappa shape index (κ3) is 3.26. The van der Waals surface area contributed by atoms with Gasteiger partial charge in [0.05, 0.1) is 17.0 Å². The lowest BCUT2D eigenvalue weighted by atomic mass is 10.0.